The summed E-state index contributed by atoms with van der Waals surface area (Å²) in [6.07, 6.45) is 1.47. The van der Waals surface area contributed by atoms with Gasteiger partial charge in [-0.15, -0.1) is 0 Å². The van der Waals surface area contributed by atoms with E-state index in [9.17, 15) is 0 Å². The maximum Gasteiger partial charge on any atom is 0.127 e. The molecule has 0 radical (unpaired) electrons. The molecule has 2 nitrogen and oxygen atoms in total. The van der Waals surface area contributed by atoms with Crippen LogP contribution in [0.15, 0.2) is 42.5 Å². The minimum atomic E-state index is 0.333. The zero-order valence-electron chi connectivity index (χ0n) is 12.4. The third-order valence-electron chi connectivity index (χ3n) is 3.90. The fourth-order valence-corrected chi connectivity index (χ4v) is 3.05. The summed E-state index contributed by atoms with van der Waals surface area (Å²) in [5, 5.41) is 2.47. The average Bonchev–Trinajstić information content (AvgIpc) is 2.86. The predicted molar refractivity (Wildman–Crippen MR) is 84.3 cm³/mol. The second-order valence-electron chi connectivity index (χ2n) is 6.16. The lowest BCUT2D eigenvalue weighted by atomic mass is 10.1. The molecule has 0 bridgehead atoms. The van der Waals surface area contributed by atoms with Gasteiger partial charge in [0.25, 0.3) is 0 Å². The summed E-state index contributed by atoms with van der Waals surface area (Å²) in [4.78, 5) is 2.51. The van der Waals surface area contributed by atoms with Gasteiger partial charge < -0.3 is 4.74 Å². The third kappa shape index (κ3) is 2.96. The first-order valence-electron chi connectivity index (χ1n) is 7.59. The van der Waals surface area contributed by atoms with E-state index >= 15 is 0 Å². The smallest absolute Gasteiger partial charge is 0.127 e. The van der Waals surface area contributed by atoms with Crippen molar-refractivity contribution in [3.05, 3.63) is 42.5 Å². The highest BCUT2D eigenvalue weighted by Crippen LogP contribution is 2.27. The van der Waals surface area contributed by atoms with Crippen LogP contribution in [0, 0.1) is 5.92 Å². The minimum Gasteiger partial charge on any atom is -0.488 e. The van der Waals surface area contributed by atoms with Crippen molar-refractivity contribution >= 4 is 10.8 Å². The topological polar surface area (TPSA) is 12.5 Å². The molecule has 0 N–H and O–H groups in total. The lowest BCUT2D eigenvalue weighted by Crippen LogP contribution is -2.28. The molecule has 0 spiro atoms. The molecule has 0 saturated carbocycles. The van der Waals surface area contributed by atoms with Gasteiger partial charge in [-0.1, -0.05) is 50.2 Å². The number of ether oxygens (including phenoxy) is 1. The number of hydrogen-bond donors (Lipinski definition) is 0. The van der Waals surface area contributed by atoms with E-state index in [4.69, 9.17) is 4.74 Å². The normalized spacial score (nSPS) is 19.9. The van der Waals surface area contributed by atoms with Gasteiger partial charge in [-0.25, -0.2) is 0 Å². The number of fused-ring (bicyclic) bond motifs is 1. The van der Waals surface area contributed by atoms with Crippen LogP contribution in [-0.2, 0) is 0 Å². The highest BCUT2D eigenvalue weighted by Gasteiger charge is 2.24. The van der Waals surface area contributed by atoms with E-state index in [0.717, 1.165) is 31.2 Å². The van der Waals surface area contributed by atoms with Gasteiger partial charge in [0.05, 0.1) is 0 Å². The number of likely N-dealkylation sites (tertiary alicyclic amines) is 1. The van der Waals surface area contributed by atoms with Gasteiger partial charge in [-0.2, -0.15) is 0 Å². The van der Waals surface area contributed by atoms with Crippen LogP contribution in [0.25, 0.3) is 10.8 Å². The lowest BCUT2D eigenvalue weighted by molar-refractivity contribution is 0.197. The molecule has 1 fully saturated rings. The Labute approximate surface area is 121 Å². The van der Waals surface area contributed by atoms with Gasteiger partial charge in [0.15, 0.2) is 0 Å². The van der Waals surface area contributed by atoms with Crippen LogP contribution in [0.3, 0.4) is 0 Å². The minimum absolute atomic E-state index is 0.333. The Morgan fingerprint density at radius 2 is 1.95 bits per heavy atom. The van der Waals surface area contributed by atoms with Crippen LogP contribution < -0.4 is 4.74 Å². The summed E-state index contributed by atoms with van der Waals surface area (Å²) in [7, 11) is 0. The van der Waals surface area contributed by atoms with E-state index in [1.54, 1.807) is 0 Å². The Kier molecular flexibility index (Phi) is 3.93. The molecule has 1 aliphatic rings. The molecular formula is C18H23NO. The van der Waals surface area contributed by atoms with Crippen LogP contribution in [0.5, 0.6) is 5.75 Å². The molecular weight excluding hydrogens is 246 g/mol. The summed E-state index contributed by atoms with van der Waals surface area (Å²) in [5.41, 5.74) is 0. The van der Waals surface area contributed by atoms with Gasteiger partial charge in [0.1, 0.15) is 11.9 Å². The van der Waals surface area contributed by atoms with Crippen molar-refractivity contribution in [1.29, 1.82) is 0 Å². The van der Waals surface area contributed by atoms with Crippen LogP contribution in [-0.4, -0.2) is 30.6 Å². The summed E-state index contributed by atoms with van der Waals surface area (Å²) < 4.78 is 6.26. The molecule has 0 amide bonds. The lowest BCUT2D eigenvalue weighted by Gasteiger charge is -2.19. The quantitative estimate of drug-likeness (QED) is 0.833. The molecule has 0 aromatic heterocycles. The summed E-state index contributed by atoms with van der Waals surface area (Å²) in [5.74, 6) is 1.76. The summed E-state index contributed by atoms with van der Waals surface area (Å²) in [6.45, 7) is 7.95. The van der Waals surface area contributed by atoms with Gasteiger partial charge in [-0.05, 0) is 23.8 Å². The number of benzene rings is 2. The number of nitrogens with zero attached hydrogens (tertiary/aromatic N) is 1. The first kappa shape index (κ1) is 13.4. The van der Waals surface area contributed by atoms with Gasteiger partial charge in [0, 0.05) is 25.0 Å². The van der Waals surface area contributed by atoms with Gasteiger partial charge >= 0.3 is 0 Å². The van der Waals surface area contributed by atoms with Crippen molar-refractivity contribution in [2.45, 2.75) is 26.4 Å². The molecule has 0 aliphatic carbocycles. The maximum atomic E-state index is 6.26. The van der Waals surface area contributed by atoms with E-state index in [1.165, 1.54) is 17.3 Å². The van der Waals surface area contributed by atoms with E-state index in [-0.39, 0.29) is 0 Å². The van der Waals surface area contributed by atoms with Crippen molar-refractivity contribution < 1.29 is 4.74 Å². The largest absolute Gasteiger partial charge is 0.488 e. The van der Waals surface area contributed by atoms with E-state index < -0.39 is 0 Å². The zero-order valence-corrected chi connectivity index (χ0v) is 12.4. The van der Waals surface area contributed by atoms with Crippen LogP contribution in [0.2, 0.25) is 0 Å². The first-order chi connectivity index (χ1) is 9.72. The Balaban J connectivity index is 1.71. The van der Waals surface area contributed by atoms with E-state index in [2.05, 4.69) is 61.2 Å². The third-order valence-corrected chi connectivity index (χ3v) is 3.90. The number of rotatable bonds is 4. The zero-order chi connectivity index (χ0) is 13.9. The molecule has 1 heterocycles. The molecule has 1 unspecified atom stereocenters. The van der Waals surface area contributed by atoms with Gasteiger partial charge in [0.2, 0.25) is 0 Å². The standard InChI is InChI=1S/C18H23NO/c1-14(2)12-19-11-10-16(13-19)20-18-9-5-7-15-6-3-4-8-17(15)18/h3-9,14,16H,10-13H2,1-2H3. The Hall–Kier alpha value is -1.54. The molecule has 20 heavy (non-hydrogen) atoms. The van der Waals surface area contributed by atoms with Crippen LogP contribution >= 0.6 is 0 Å². The Morgan fingerprint density at radius 3 is 2.80 bits per heavy atom. The van der Waals surface area contributed by atoms with Crippen molar-refractivity contribution in [1.82, 2.24) is 4.90 Å². The molecule has 2 aromatic carbocycles. The highest BCUT2D eigenvalue weighted by molar-refractivity contribution is 5.88. The second kappa shape index (κ2) is 5.84. The monoisotopic (exact) mass is 269 g/mol. The summed E-state index contributed by atoms with van der Waals surface area (Å²) >= 11 is 0. The average molecular weight is 269 g/mol. The van der Waals surface area contributed by atoms with Crippen LogP contribution in [0.1, 0.15) is 20.3 Å². The fraction of sp³-hybridized carbons (Fsp3) is 0.444. The Morgan fingerprint density at radius 1 is 1.15 bits per heavy atom. The van der Waals surface area contributed by atoms with Crippen molar-refractivity contribution in [3.8, 4) is 5.75 Å². The summed E-state index contributed by atoms with van der Waals surface area (Å²) in [6, 6.07) is 14.8. The predicted octanol–water partition coefficient (Wildman–Crippen LogP) is 3.95. The van der Waals surface area contributed by atoms with Crippen molar-refractivity contribution in [2.75, 3.05) is 19.6 Å². The molecule has 3 rings (SSSR count). The fourth-order valence-electron chi connectivity index (χ4n) is 3.05. The SMILES string of the molecule is CC(C)CN1CCC(Oc2cccc3ccccc23)C1. The first-order valence-corrected chi connectivity index (χ1v) is 7.59. The molecule has 106 valence electrons. The second-order valence-corrected chi connectivity index (χ2v) is 6.16. The van der Waals surface area contributed by atoms with Crippen molar-refractivity contribution in [3.63, 3.8) is 0 Å². The molecule has 1 atom stereocenters. The molecule has 1 aliphatic heterocycles. The molecule has 1 saturated heterocycles. The van der Waals surface area contributed by atoms with E-state index in [1.807, 2.05) is 0 Å². The number of hydrogen-bond acceptors (Lipinski definition) is 2. The van der Waals surface area contributed by atoms with Crippen LogP contribution in [0.4, 0.5) is 0 Å². The molecule has 2 heteroatoms. The molecule has 2 aromatic rings. The Bertz CT molecular complexity index is 573. The van der Waals surface area contributed by atoms with Gasteiger partial charge in [-0.3, -0.25) is 4.90 Å². The maximum absolute atomic E-state index is 6.26. The highest BCUT2D eigenvalue weighted by atomic mass is 16.5. The van der Waals surface area contributed by atoms with E-state index in [0.29, 0.717) is 6.10 Å². The van der Waals surface area contributed by atoms with Crippen molar-refractivity contribution in [2.24, 2.45) is 5.92 Å².